The summed E-state index contributed by atoms with van der Waals surface area (Å²) in [6.07, 6.45) is 1.94. The highest BCUT2D eigenvalue weighted by molar-refractivity contribution is 8.00. The highest BCUT2D eigenvalue weighted by Crippen LogP contribution is 2.17. The van der Waals surface area contributed by atoms with Crippen LogP contribution in [0.1, 0.15) is 19.8 Å². The Morgan fingerprint density at radius 1 is 1.73 bits per heavy atom. The van der Waals surface area contributed by atoms with E-state index in [9.17, 15) is 4.79 Å². The first kappa shape index (κ1) is 8.87. The van der Waals surface area contributed by atoms with Crippen molar-refractivity contribution in [2.45, 2.75) is 25.8 Å². The molecule has 62 valence electrons. The third kappa shape index (κ3) is 1.87. The Labute approximate surface area is 77.4 Å². The molecule has 0 N–H and O–H groups in total. The molecule has 0 aromatic rings. The highest BCUT2D eigenvalue weighted by Gasteiger charge is 2.25. The number of hydrogen-bond acceptors (Lipinski definition) is 3. The average molecular weight is 188 g/mol. The Morgan fingerprint density at radius 2 is 2.36 bits per heavy atom. The molecule has 0 spiro atoms. The van der Waals surface area contributed by atoms with Gasteiger partial charge >= 0.3 is 0 Å². The number of likely N-dealkylation sites (tertiary alicyclic amines) is 1. The van der Waals surface area contributed by atoms with Crippen molar-refractivity contribution in [2.75, 3.05) is 6.54 Å². The first-order chi connectivity index (χ1) is 5.13. The summed E-state index contributed by atoms with van der Waals surface area (Å²) in [6, 6.07) is -0.0278. The second kappa shape index (κ2) is 3.45. The second-order valence-corrected chi connectivity index (χ2v) is 3.76. The van der Waals surface area contributed by atoms with Crippen molar-refractivity contribution in [2.24, 2.45) is 0 Å². The minimum atomic E-state index is -0.0278. The van der Waals surface area contributed by atoms with Crippen LogP contribution < -0.4 is 0 Å². The van der Waals surface area contributed by atoms with Gasteiger partial charge in [0.05, 0.1) is 6.04 Å². The summed E-state index contributed by atoms with van der Waals surface area (Å²) in [7, 11) is 0. The van der Waals surface area contributed by atoms with Crippen molar-refractivity contribution >= 4 is 35.0 Å². The number of ketones is 1. The van der Waals surface area contributed by atoms with E-state index in [4.69, 9.17) is 24.8 Å². The molecule has 0 saturated carbocycles. The summed E-state index contributed by atoms with van der Waals surface area (Å²) in [5.74, 6) is 0.176. The van der Waals surface area contributed by atoms with Crippen LogP contribution in [0.5, 0.6) is 0 Å². The van der Waals surface area contributed by atoms with Gasteiger partial charge in [-0.1, -0.05) is 4.32 Å². The van der Waals surface area contributed by atoms with Crippen molar-refractivity contribution < 1.29 is 4.79 Å². The van der Waals surface area contributed by atoms with E-state index in [1.165, 1.54) is 0 Å². The van der Waals surface area contributed by atoms with Crippen molar-refractivity contribution in [1.82, 2.24) is 4.90 Å². The van der Waals surface area contributed by atoms with Gasteiger partial charge in [-0.05, 0) is 19.8 Å². The maximum atomic E-state index is 11.0. The molecule has 4 heteroatoms. The van der Waals surface area contributed by atoms with Gasteiger partial charge in [-0.3, -0.25) is 4.79 Å². The van der Waals surface area contributed by atoms with E-state index in [0.29, 0.717) is 4.32 Å². The first-order valence-electron chi connectivity index (χ1n) is 3.61. The largest absolute Gasteiger partial charge is 0.411 e. The molecule has 1 saturated heterocycles. The Hall–Kier alpha value is -0.220. The van der Waals surface area contributed by atoms with Gasteiger partial charge in [-0.15, -0.1) is 0 Å². The maximum Gasteiger partial charge on any atom is 0.152 e. The fourth-order valence-corrected chi connectivity index (χ4v) is 1.84. The zero-order valence-electron chi connectivity index (χ0n) is 6.37. The molecule has 1 heterocycles. The Balaban J connectivity index is 2.65. The van der Waals surface area contributed by atoms with Crippen LogP contribution in [0, 0.1) is 0 Å². The molecule has 1 rings (SSSR count). The van der Waals surface area contributed by atoms with Crippen LogP contribution in [0.4, 0.5) is 0 Å². The number of hydrogen-bond donors (Lipinski definition) is 0. The minimum Gasteiger partial charge on any atom is -0.411 e. The van der Waals surface area contributed by atoms with Crippen LogP contribution in [0.25, 0.3) is 0 Å². The summed E-state index contributed by atoms with van der Waals surface area (Å²) >= 11 is 9.68. The molecular weight excluding hydrogens is 178 g/mol. The first-order valence-corrected chi connectivity index (χ1v) is 4.42. The van der Waals surface area contributed by atoms with Gasteiger partial charge in [0, 0.05) is 6.54 Å². The lowest BCUT2D eigenvalue weighted by Crippen LogP contribution is -2.37. The zero-order chi connectivity index (χ0) is 8.43. The van der Waals surface area contributed by atoms with Gasteiger partial charge in [0.25, 0.3) is 0 Å². The predicted octanol–water partition coefficient (Wildman–Crippen LogP) is 0.872. The second-order valence-electron chi connectivity index (χ2n) is 2.73. The van der Waals surface area contributed by atoms with Gasteiger partial charge in [-0.2, -0.15) is 0 Å². The van der Waals surface area contributed by atoms with Crippen LogP contribution in [-0.4, -0.2) is 27.6 Å². The van der Waals surface area contributed by atoms with Crippen molar-refractivity contribution in [1.29, 1.82) is 0 Å². The van der Waals surface area contributed by atoms with Crippen LogP contribution >= 0.6 is 12.2 Å². The van der Waals surface area contributed by atoms with E-state index < -0.39 is 0 Å². The van der Waals surface area contributed by atoms with Crippen molar-refractivity contribution in [3.8, 4) is 0 Å². The summed E-state index contributed by atoms with van der Waals surface area (Å²) in [4.78, 5) is 12.9. The Bertz CT molecular complexity index is 173. The van der Waals surface area contributed by atoms with Crippen molar-refractivity contribution in [3.05, 3.63) is 0 Å². The molecular formula is C7H10NOS2-. The quantitative estimate of drug-likeness (QED) is 0.449. The third-order valence-electron chi connectivity index (χ3n) is 1.96. The molecule has 11 heavy (non-hydrogen) atoms. The summed E-state index contributed by atoms with van der Waals surface area (Å²) in [6.45, 7) is 2.45. The maximum absolute atomic E-state index is 11.0. The molecule has 0 aromatic heterocycles. The van der Waals surface area contributed by atoms with Crippen LogP contribution in [0.2, 0.25) is 0 Å². The smallest absolute Gasteiger partial charge is 0.152 e. The Morgan fingerprint density at radius 3 is 2.73 bits per heavy atom. The average Bonchev–Trinajstić information content (AvgIpc) is 2.32. The lowest BCUT2D eigenvalue weighted by Gasteiger charge is -2.28. The van der Waals surface area contributed by atoms with Crippen LogP contribution in [0.15, 0.2) is 0 Å². The zero-order valence-corrected chi connectivity index (χ0v) is 8.00. The highest BCUT2D eigenvalue weighted by atomic mass is 32.1. The molecule has 1 atom stereocenters. The van der Waals surface area contributed by atoms with Gasteiger partial charge in [0.2, 0.25) is 0 Å². The van der Waals surface area contributed by atoms with E-state index in [2.05, 4.69) is 0 Å². The molecule has 0 radical (unpaired) electrons. The molecule has 0 amide bonds. The molecule has 0 aliphatic carbocycles. The van der Waals surface area contributed by atoms with Crippen LogP contribution in [0.3, 0.4) is 0 Å². The van der Waals surface area contributed by atoms with E-state index in [-0.39, 0.29) is 11.8 Å². The van der Waals surface area contributed by atoms with E-state index in [1.54, 1.807) is 6.92 Å². The number of Topliss-reactive ketones (excluding diaryl/α,β-unsaturated/α-hetero) is 1. The number of thiocarbonyl (C=S) groups is 1. The number of rotatable bonds is 1. The van der Waals surface area contributed by atoms with E-state index in [1.807, 2.05) is 4.90 Å². The molecule has 1 fully saturated rings. The standard InChI is InChI=1S/C7H11NOS2/c1-5(9)6-3-2-4-8(6)7(10)11/h6H,2-4H2,1H3,(H,10,11)/p-1. The number of nitrogens with zero attached hydrogens (tertiary/aromatic N) is 1. The van der Waals surface area contributed by atoms with E-state index in [0.717, 1.165) is 19.4 Å². The third-order valence-corrected chi connectivity index (χ3v) is 2.43. The monoisotopic (exact) mass is 188 g/mol. The Kier molecular flexibility index (Phi) is 2.78. The van der Waals surface area contributed by atoms with Gasteiger partial charge in [0.1, 0.15) is 0 Å². The molecule has 1 unspecified atom stereocenters. The van der Waals surface area contributed by atoms with Gasteiger partial charge < -0.3 is 29.7 Å². The molecule has 2 nitrogen and oxygen atoms in total. The van der Waals surface area contributed by atoms with Gasteiger partial charge in [-0.25, -0.2) is 0 Å². The normalized spacial score (nSPS) is 23.7. The summed E-state index contributed by atoms with van der Waals surface area (Å²) < 4.78 is 0.433. The van der Waals surface area contributed by atoms with E-state index >= 15 is 0 Å². The molecule has 1 aliphatic heterocycles. The van der Waals surface area contributed by atoms with Crippen LogP contribution in [-0.2, 0) is 17.4 Å². The lowest BCUT2D eigenvalue weighted by molar-refractivity contribution is -0.120. The summed E-state index contributed by atoms with van der Waals surface area (Å²) in [5.41, 5.74) is 0. The lowest BCUT2D eigenvalue weighted by atomic mass is 10.1. The number of carbonyl (C=O) groups excluding carboxylic acids is 1. The number of carbonyl (C=O) groups is 1. The molecule has 0 bridgehead atoms. The molecule has 0 aromatic carbocycles. The minimum absolute atomic E-state index is 0.0278. The summed E-state index contributed by atoms with van der Waals surface area (Å²) in [5, 5.41) is 0. The topological polar surface area (TPSA) is 20.3 Å². The fraction of sp³-hybridized carbons (Fsp3) is 0.714. The molecule has 1 aliphatic rings. The van der Waals surface area contributed by atoms with Crippen molar-refractivity contribution in [3.63, 3.8) is 0 Å². The fourth-order valence-electron chi connectivity index (χ4n) is 1.41. The SMILES string of the molecule is CC(=O)C1CCCN1C(=S)[S-]. The predicted molar refractivity (Wildman–Crippen MR) is 50.4 cm³/mol. The van der Waals surface area contributed by atoms with Gasteiger partial charge in [0.15, 0.2) is 5.78 Å².